The first-order valence-corrected chi connectivity index (χ1v) is 8.92. The molecule has 1 N–H and O–H groups in total. The maximum atomic E-state index is 12.3. The molecule has 0 spiro atoms. The van der Waals surface area contributed by atoms with E-state index in [-0.39, 0.29) is 11.5 Å². The highest BCUT2D eigenvalue weighted by molar-refractivity contribution is 7.16. The number of hydrogen-bond acceptors (Lipinski definition) is 5. The van der Waals surface area contributed by atoms with E-state index in [9.17, 15) is 9.59 Å². The van der Waals surface area contributed by atoms with Crippen LogP contribution in [0.2, 0.25) is 0 Å². The van der Waals surface area contributed by atoms with Crippen molar-refractivity contribution in [2.24, 2.45) is 5.92 Å². The molecule has 0 atom stereocenters. The molecule has 23 heavy (non-hydrogen) atoms. The second-order valence-electron chi connectivity index (χ2n) is 6.01. The van der Waals surface area contributed by atoms with Crippen molar-refractivity contribution in [1.82, 2.24) is 19.8 Å². The summed E-state index contributed by atoms with van der Waals surface area (Å²) in [7, 11) is 1.97. The van der Waals surface area contributed by atoms with Gasteiger partial charge in [-0.2, -0.15) is 0 Å². The first-order chi connectivity index (χ1) is 11.2. The Morgan fingerprint density at radius 3 is 2.96 bits per heavy atom. The lowest BCUT2D eigenvalue weighted by molar-refractivity contribution is -0.132. The highest BCUT2D eigenvalue weighted by Crippen LogP contribution is 2.17. The van der Waals surface area contributed by atoms with Crippen molar-refractivity contribution in [2.45, 2.75) is 25.8 Å². The molecule has 0 aliphatic carbocycles. The largest absolute Gasteiger partial charge is 0.343 e. The van der Waals surface area contributed by atoms with Gasteiger partial charge in [-0.25, -0.2) is 4.98 Å². The van der Waals surface area contributed by atoms with Gasteiger partial charge in [0.25, 0.3) is 5.56 Å². The predicted octanol–water partition coefficient (Wildman–Crippen LogP) is 1.31. The van der Waals surface area contributed by atoms with Crippen LogP contribution in [0, 0.1) is 5.92 Å². The molecule has 1 fully saturated rings. The van der Waals surface area contributed by atoms with Crippen LogP contribution in [0.15, 0.2) is 22.6 Å². The maximum Gasteiger partial charge on any atom is 0.262 e. The minimum Gasteiger partial charge on any atom is -0.343 e. The van der Waals surface area contributed by atoms with E-state index >= 15 is 0 Å². The summed E-state index contributed by atoms with van der Waals surface area (Å²) < 4.78 is 1.54. The molecule has 2 aromatic heterocycles. The van der Waals surface area contributed by atoms with Crippen LogP contribution < -0.4 is 10.9 Å². The lowest BCUT2D eigenvalue weighted by Crippen LogP contribution is -2.41. The number of aromatic nitrogens is 2. The average Bonchev–Trinajstić information content (AvgIpc) is 3.04. The number of likely N-dealkylation sites (tertiary alicyclic amines) is 1. The van der Waals surface area contributed by atoms with Crippen LogP contribution in [0.25, 0.3) is 10.2 Å². The fourth-order valence-corrected chi connectivity index (χ4v) is 3.83. The number of thiophene rings is 1. The third-order valence-corrected chi connectivity index (χ3v) is 5.30. The van der Waals surface area contributed by atoms with E-state index in [0.717, 1.165) is 37.3 Å². The monoisotopic (exact) mass is 334 g/mol. The Morgan fingerprint density at radius 1 is 1.43 bits per heavy atom. The maximum absolute atomic E-state index is 12.3. The molecule has 0 unspecified atom stereocenters. The molecule has 0 saturated carbocycles. The van der Waals surface area contributed by atoms with Gasteiger partial charge in [0, 0.05) is 26.1 Å². The van der Waals surface area contributed by atoms with Crippen molar-refractivity contribution in [3.8, 4) is 0 Å². The van der Waals surface area contributed by atoms with E-state index in [1.165, 1.54) is 11.3 Å². The molecular weight excluding hydrogens is 312 g/mol. The summed E-state index contributed by atoms with van der Waals surface area (Å²) in [6.07, 6.45) is 4.01. The molecule has 0 aromatic carbocycles. The van der Waals surface area contributed by atoms with Crippen LogP contribution >= 0.6 is 11.3 Å². The van der Waals surface area contributed by atoms with Gasteiger partial charge in [-0.3, -0.25) is 14.2 Å². The van der Waals surface area contributed by atoms with Crippen molar-refractivity contribution < 1.29 is 4.79 Å². The summed E-state index contributed by atoms with van der Waals surface area (Å²) in [6.45, 7) is 3.06. The number of amides is 1. The Balaban J connectivity index is 1.56. The van der Waals surface area contributed by atoms with Gasteiger partial charge in [0.2, 0.25) is 5.91 Å². The lowest BCUT2D eigenvalue weighted by Gasteiger charge is -2.32. The van der Waals surface area contributed by atoms with Crippen molar-refractivity contribution in [3.05, 3.63) is 28.1 Å². The molecule has 1 amide bonds. The molecule has 0 radical (unpaired) electrons. The smallest absolute Gasteiger partial charge is 0.262 e. The molecule has 3 heterocycles. The first kappa shape index (κ1) is 16.1. The second-order valence-corrected chi connectivity index (χ2v) is 6.91. The molecule has 7 heteroatoms. The number of piperidine rings is 1. The van der Waals surface area contributed by atoms with E-state index in [1.54, 1.807) is 17.0 Å². The quantitative estimate of drug-likeness (QED) is 0.895. The zero-order chi connectivity index (χ0) is 16.2. The molecule has 1 aliphatic heterocycles. The molecule has 1 saturated heterocycles. The summed E-state index contributed by atoms with van der Waals surface area (Å²) in [5.41, 5.74) is -0.0585. The third-order valence-electron chi connectivity index (χ3n) is 4.48. The number of nitrogens with one attached hydrogen (secondary N) is 1. The van der Waals surface area contributed by atoms with Gasteiger partial charge in [0.15, 0.2) is 0 Å². The number of carbonyl (C=O) groups excluding carboxylic acids is 1. The van der Waals surface area contributed by atoms with E-state index < -0.39 is 0 Å². The summed E-state index contributed by atoms with van der Waals surface area (Å²) in [5.74, 6) is 0.794. The van der Waals surface area contributed by atoms with E-state index in [2.05, 4.69) is 10.3 Å². The van der Waals surface area contributed by atoms with Gasteiger partial charge in [-0.1, -0.05) is 0 Å². The Labute approximate surface area is 139 Å². The summed E-state index contributed by atoms with van der Waals surface area (Å²) in [6, 6.07) is 1.79. The molecule has 1 aliphatic rings. The van der Waals surface area contributed by atoms with Crippen LogP contribution in [0.3, 0.4) is 0 Å². The van der Waals surface area contributed by atoms with E-state index in [4.69, 9.17) is 0 Å². The van der Waals surface area contributed by atoms with Crippen molar-refractivity contribution in [2.75, 3.05) is 26.7 Å². The molecule has 3 rings (SSSR count). The van der Waals surface area contributed by atoms with Crippen molar-refractivity contribution in [3.63, 3.8) is 0 Å². The Morgan fingerprint density at radius 2 is 2.22 bits per heavy atom. The van der Waals surface area contributed by atoms with Crippen molar-refractivity contribution in [1.29, 1.82) is 0 Å². The highest BCUT2D eigenvalue weighted by atomic mass is 32.1. The minimum absolute atomic E-state index is 0.0585. The molecule has 2 aromatic rings. The lowest BCUT2D eigenvalue weighted by atomic mass is 9.96. The number of carbonyl (C=O) groups is 1. The number of nitrogens with zero attached hydrogens (tertiary/aromatic N) is 3. The number of aryl methyl sites for hydroxylation is 1. The van der Waals surface area contributed by atoms with E-state index in [0.29, 0.717) is 24.3 Å². The van der Waals surface area contributed by atoms with Gasteiger partial charge >= 0.3 is 0 Å². The standard InChI is InChI=1S/C16H22N4O2S/c1-17-10-12-2-6-19(7-3-12)14(21)4-8-20-11-18-15-13(16(20)22)5-9-23-15/h5,9,11-12,17H,2-4,6-8,10H2,1H3. The Kier molecular flexibility index (Phi) is 5.07. The van der Waals surface area contributed by atoms with Gasteiger partial charge in [-0.05, 0) is 43.8 Å². The molecule has 0 bridgehead atoms. The minimum atomic E-state index is -0.0585. The van der Waals surface area contributed by atoms with Crippen LogP contribution in [0.5, 0.6) is 0 Å². The average molecular weight is 334 g/mol. The number of hydrogen-bond donors (Lipinski definition) is 1. The number of fused-ring (bicyclic) bond motifs is 1. The van der Waals surface area contributed by atoms with Crippen LogP contribution in [0.4, 0.5) is 0 Å². The summed E-state index contributed by atoms with van der Waals surface area (Å²) >= 11 is 1.46. The van der Waals surface area contributed by atoms with Gasteiger partial charge < -0.3 is 10.2 Å². The zero-order valence-corrected chi connectivity index (χ0v) is 14.1. The third kappa shape index (κ3) is 3.61. The summed E-state index contributed by atoms with van der Waals surface area (Å²) in [4.78, 5) is 31.6. The highest BCUT2D eigenvalue weighted by Gasteiger charge is 2.22. The Bertz CT molecular complexity index is 731. The first-order valence-electron chi connectivity index (χ1n) is 8.04. The topological polar surface area (TPSA) is 67.2 Å². The van der Waals surface area contributed by atoms with Gasteiger partial charge in [0.05, 0.1) is 11.7 Å². The SMILES string of the molecule is CNCC1CCN(C(=O)CCn2cnc3sccc3c2=O)CC1. The molecule has 6 nitrogen and oxygen atoms in total. The van der Waals surface area contributed by atoms with Gasteiger partial charge in [0.1, 0.15) is 4.83 Å². The van der Waals surface area contributed by atoms with Crippen LogP contribution in [-0.4, -0.2) is 47.0 Å². The fraction of sp³-hybridized carbons (Fsp3) is 0.562. The van der Waals surface area contributed by atoms with E-state index in [1.807, 2.05) is 17.3 Å². The van der Waals surface area contributed by atoms with Crippen LogP contribution in [-0.2, 0) is 11.3 Å². The summed E-state index contributed by atoms with van der Waals surface area (Å²) in [5, 5.41) is 5.70. The Hall–Kier alpha value is -1.73. The van der Waals surface area contributed by atoms with Gasteiger partial charge in [-0.15, -0.1) is 11.3 Å². The fourth-order valence-electron chi connectivity index (χ4n) is 3.10. The second kappa shape index (κ2) is 7.23. The molecular formula is C16H22N4O2S. The zero-order valence-electron chi connectivity index (χ0n) is 13.3. The molecule has 124 valence electrons. The predicted molar refractivity (Wildman–Crippen MR) is 91.7 cm³/mol. The van der Waals surface area contributed by atoms with Crippen molar-refractivity contribution >= 4 is 27.5 Å². The normalized spacial score (nSPS) is 16.1. The van der Waals surface area contributed by atoms with Crippen LogP contribution in [0.1, 0.15) is 19.3 Å². The number of rotatable bonds is 5.